The average molecular weight is 340 g/mol. The van der Waals surface area contributed by atoms with Crippen molar-refractivity contribution >= 4 is 11.6 Å². The number of ether oxygens (including phenoxy) is 2. The Morgan fingerprint density at radius 1 is 1.24 bits per heavy atom. The van der Waals surface area contributed by atoms with Gasteiger partial charge in [0.1, 0.15) is 5.75 Å². The number of para-hydroxylation sites is 2. The van der Waals surface area contributed by atoms with Gasteiger partial charge in [-0.3, -0.25) is 9.69 Å². The summed E-state index contributed by atoms with van der Waals surface area (Å²) in [6, 6.07) is 15.3. The summed E-state index contributed by atoms with van der Waals surface area (Å²) in [5, 5.41) is 2.96. The maximum atomic E-state index is 12.4. The SMILES string of the molecule is Cc1ccc(Oc2ccccc2NC(=O)CN2CCOC(C)C2)cc1. The van der Waals surface area contributed by atoms with Crippen molar-refractivity contribution in [1.29, 1.82) is 0 Å². The van der Waals surface area contributed by atoms with Crippen molar-refractivity contribution in [3.8, 4) is 11.5 Å². The molecule has 1 atom stereocenters. The number of benzene rings is 2. The first-order chi connectivity index (χ1) is 12.1. The van der Waals surface area contributed by atoms with E-state index in [1.807, 2.05) is 62.4 Å². The fourth-order valence-electron chi connectivity index (χ4n) is 2.82. The van der Waals surface area contributed by atoms with E-state index in [0.717, 1.165) is 18.8 Å². The van der Waals surface area contributed by atoms with Crippen LogP contribution in [0.3, 0.4) is 0 Å². The number of nitrogens with zero attached hydrogens (tertiary/aromatic N) is 1. The van der Waals surface area contributed by atoms with Crippen LogP contribution in [0.25, 0.3) is 0 Å². The van der Waals surface area contributed by atoms with Crippen molar-refractivity contribution in [2.45, 2.75) is 20.0 Å². The highest BCUT2D eigenvalue weighted by molar-refractivity contribution is 5.93. The lowest BCUT2D eigenvalue weighted by molar-refractivity contribution is -0.119. The minimum atomic E-state index is -0.0472. The standard InChI is InChI=1S/C20H24N2O3/c1-15-7-9-17(10-8-15)25-19-6-4-3-5-18(19)21-20(23)14-22-11-12-24-16(2)13-22/h3-10,16H,11-14H2,1-2H3,(H,21,23). The molecule has 1 unspecified atom stereocenters. The van der Waals surface area contributed by atoms with E-state index in [9.17, 15) is 4.79 Å². The smallest absolute Gasteiger partial charge is 0.238 e. The fraction of sp³-hybridized carbons (Fsp3) is 0.350. The number of morpholine rings is 1. The van der Waals surface area contributed by atoms with Gasteiger partial charge in [0.2, 0.25) is 5.91 Å². The van der Waals surface area contributed by atoms with Crippen LogP contribution in [0, 0.1) is 6.92 Å². The minimum absolute atomic E-state index is 0.0472. The van der Waals surface area contributed by atoms with E-state index in [4.69, 9.17) is 9.47 Å². The molecular formula is C20H24N2O3. The number of amides is 1. The first-order valence-corrected chi connectivity index (χ1v) is 8.57. The number of rotatable bonds is 5. The summed E-state index contributed by atoms with van der Waals surface area (Å²) < 4.78 is 11.4. The Kier molecular flexibility index (Phi) is 5.68. The molecular weight excluding hydrogens is 316 g/mol. The van der Waals surface area contributed by atoms with Crippen LogP contribution in [-0.2, 0) is 9.53 Å². The molecule has 0 saturated carbocycles. The second-order valence-electron chi connectivity index (χ2n) is 6.38. The predicted molar refractivity (Wildman–Crippen MR) is 98.2 cm³/mol. The zero-order valence-corrected chi connectivity index (χ0v) is 14.7. The van der Waals surface area contributed by atoms with Gasteiger partial charge < -0.3 is 14.8 Å². The van der Waals surface area contributed by atoms with E-state index in [1.54, 1.807) is 0 Å². The summed E-state index contributed by atoms with van der Waals surface area (Å²) in [4.78, 5) is 14.5. The maximum absolute atomic E-state index is 12.4. The topological polar surface area (TPSA) is 50.8 Å². The van der Waals surface area contributed by atoms with E-state index >= 15 is 0 Å². The molecule has 1 heterocycles. The predicted octanol–water partition coefficient (Wildman–Crippen LogP) is 3.45. The van der Waals surface area contributed by atoms with Crippen molar-refractivity contribution in [1.82, 2.24) is 4.90 Å². The molecule has 5 heteroatoms. The Hall–Kier alpha value is -2.37. The van der Waals surface area contributed by atoms with Crippen LogP contribution in [-0.4, -0.2) is 43.2 Å². The zero-order chi connectivity index (χ0) is 17.6. The van der Waals surface area contributed by atoms with Gasteiger partial charge in [0.05, 0.1) is 24.9 Å². The number of anilines is 1. The van der Waals surface area contributed by atoms with Gasteiger partial charge in [-0.25, -0.2) is 0 Å². The van der Waals surface area contributed by atoms with Crippen molar-refractivity contribution in [3.05, 3.63) is 54.1 Å². The number of hydrogen-bond acceptors (Lipinski definition) is 4. The maximum Gasteiger partial charge on any atom is 0.238 e. The van der Waals surface area contributed by atoms with Gasteiger partial charge in [0, 0.05) is 13.1 Å². The van der Waals surface area contributed by atoms with Crippen LogP contribution in [0.15, 0.2) is 48.5 Å². The second kappa shape index (κ2) is 8.14. The van der Waals surface area contributed by atoms with Crippen LogP contribution in [0.2, 0.25) is 0 Å². The molecule has 3 rings (SSSR count). The molecule has 0 spiro atoms. The van der Waals surface area contributed by atoms with E-state index in [1.165, 1.54) is 5.56 Å². The Balaban J connectivity index is 1.64. The Labute approximate surface area is 148 Å². The van der Waals surface area contributed by atoms with E-state index in [-0.39, 0.29) is 12.0 Å². The van der Waals surface area contributed by atoms with Crippen molar-refractivity contribution in [2.24, 2.45) is 0 Å². The molecule has 1 saturated heterocycles. The summed E-state index contributed by atoms with van der Waals surface area (Å²) in [5.74, 6) is 1.33. The lowest BCUT2D eigenvalue weighted by Gasteiger charge is -2.30. The molecule has 2 aromatic rings. The molecule has 132 valence electrons. The van der Waals surface area contributed by atoms with Crippen LogP contribution in [0.5, 0.6) is 11.5 Å². The quantitative estimate of drug-likeness (QED) is 0.906. The van der Waals surface area contributed by atoms with Gasteiger partial charge in [-0.15, -0.1) is 0 Å². The zero-order valence-electron chi connectivity index (χ0n) is 14.7. The molecule has 1 fully saturated rings. The lowest BCUT2D eigenvalue weighted by atomic mass is 10.2. The summed E-state index contributed by atoms with van der Waals surface area (Å²) in [6.07, 6.45) is 0.165. The van der Waals surface area contributed by atoms with Crippen LogP contribution in [0.1, 0.15) is 12.5 Å². The molecule has 0 aliphatic carbocycles. The summed E-state index contributed by atoms with van der Waals surface area (Å²) >= 11 is 0. The first-order valence-electron chi connectivity index (χ1n) is 8.57. The third kappa shape index (κ3) is 5.05. The molecule has 5 nitrogen and oxygen atoms in total. The van der Waals surface area contributed by atoms with Gasteiger partial charge in [-0.2, -0.15) is 0 Å². The highest BCUT2D eigenvalue weighted by Gasteiger charge is 2.19. The summed E-state index contributed by atoms with van der Waals surface area (Å²) in [6.45, 7) is 6.63. The Morgan fingerprint density at radius 2 is 2.00 bits per heavy atom. The first kappa shape index (κ1) is 17.5. The highest BCUT2D eigenvalue weighted by Crippen LogP contribution is 2.29. The van der Waals surface area contributed by atoms with E-state index in [0.29, 0.717) is 24.6 Å². The van der Waals surface area contributed by atoms with Gasteiger partial charge in [-0.1, -0.05) is 29.8 Å². The fourth-order valence-corrected chi connectivity index (χ4v) is 2.82. The molecule has 25 heavy (non-hydrogen) atoms. The number of carbonyl (C=O) groups excluding carboxylic acids is 1. The van der Waals surface area contributed by atoms with Crippen molar-refractivity contribution in [2.75, 3.05) is 31.6 Å². The Morgan fingerprint density at radius 3 is 2.76 bits per heavy atom. The number of carbonyl (C=O) groups is 1. The lowest BCUT2D eigenvalue weighted by Crippen LogP contribution is -2.44. The van der Waals surface area contributed by atoms with Crippen molar-refractivity contribution in [3.63, 3.8) is 0 Å². The molecule has 2 aromatic carbocycles. The normalized spacial score (nSPS) is 17.9. The van der Waals surface area contributed by atoms with Crippen LogP contribution < -0.4 is 10.1 Å². The minimum Gasteiger partial charge on any atom is -0.455 e. The highest BCUT2D eigenvalue weighted by atomic mass is 16.5. The average Bonchev–Trinajstić information content (AvgIpc) is 2.58. The second-order valence-corrected chi connectivity index (χ2v) is 6.38. The van der Waals surface area contributed by atoms with Gasteiger partial charge >= 0.3 is 0 Å². The summed E-state index contributed by atoms with van der Waals surface area (Å²) in [5.41, 5.74) is 1.85. The third-order valence-corrected chi connectivity index (χ3v) is 4.10. The third-order valence-electron chi connectivity index (χ3n) is 4.10. The molecule has 0 aromatic heterocycles. The van der Waals surface area contributed by atoms with E-state index < -0.39 is 0 Å². The molecule has 0 radical (unpaired) electrons. The molecule has 1 aliphatic heterocycles. The molecule has 1 aliphatic rings. The molecule has 1 N–H and O–H groups in total. The number of aryl methyl sites for hydroxylation is 1. The molecule has 0 bridgehead atoms. The van der Waals surface area contributed by atoms with Gasteiger partial charge in [0.25, 0.3) is 0 Å². The Bertz CT molecular complexity index is 715. The van der Waals surface area contributed by atoms with Crippen LogP contribution in [0.4, 0.5) is 5.69 Å². The van der Waals surface area contributed by atoms with Gasteiger partial charge in [-0.05, 0) is 38.1 Å². The number of hydrogen-bond donors (Lipinski definition) is 1. The van der Waals surface area contributed by atoms with Crippen LogP contribution >= 0.6 is 0 Å². The molecule has 1 amide bonds. The van der Waals surface area contributed by atoms with E-state index in [2.05, 4.69) is 10.2 Å². The van der Waals surface area contributed by atoms with Crippen molar-refractivity contribution < 1.29 is 14.3 Å². The summed E-state index contributed by atoms with van der Waals surface area (Å²) in [7, 11) is 0. The number of nitrogens with one attached hydrogen (secondary N) is 1. The monoisotopic (exact) mass is 340 g/mol. The van der Waals surface area contributed by atoms with Gasteiger partial charge in [0.15, 0.2) is 5.75 Å². The largest absolute Gasteiger partial charge is 0.455 e.